The molecule has 140 valence electrons. The third-order valence-corrected chi connectivity index (χ3v) is 6.11. The molecule has 0 unspecified atom stereocenters. The topological polar surface area (TPSA) is 80.9 Å². The van der Waals surface area contributed by atoms with Gasteiger partial charge in [0.1, 0.15) is 5.03 Å². The van der Waals surface area contributed by atoms with Gasteiger partial charge in [-0.25, -0.2) is 0 Å². The summed E-state index contributed by atoms with van der Waals surface area (Å²) >= 11 is 4.13. The lowest BCUT2D eigenvalue weighted by Gasteiger charge is -2.03. The fourth-order valence-electron chi connectivity index (χ4n) is 2.16. The summed E-state index contributed by atoms with van der Waals surface area (Å²) in [7, 11) is 0. The lowest BCUT2D eigenvalue weighted by molar-refractivity contribution is -0.146. The first-order valence-electron chi connectivity index (χ1n) is 7.56. The molecule has 0 saturated heterocycles. The smallest absolute Gasteiger partial charge is 0.360 e. The summed E-state index contributed by atoms with van der Waals surface area (Å²) in [6.45, 7) is 0.722. The van der Waals surface area contributed by atoms with E-state index >= 15 is 0 Å². The minimum absolute atomic E-state index is 0.0277. The average molecular weight is 429 g/mol. The van der Waals surface area contributed by atoms with Crippen LogP contribution in [0.4, 0.5) is 18.3 Å². The van der Waals surface area contributed by atoms with Crippen LogP contribution in [0.25, 0.3) is 5.65 Å². The molecule has 0 aliphatic rings. The first-order chi connectivity index (χ1) is 13.0. The highest BCUT2D eigenvalue weighted by molar-refractivity contribution is 8.01. The van der Waals surface area contributed by atoms with Gasteiger partial charge in [0.15, 0.2) is 9.99 Å². The Morgan fingerprint density at radius 3 is 2.78 bits per heavy atom. The molecule has 0 saturated carbocycles. The molecule has 0 atom stereocenters. The number of rotatable bonds is 6. The Kier molecular flexibility index (Phi) is 4.97. The van der Waals surface area contributed by atoms with Crippen molar-refractivity contribution in [2.75, 3.05) is 11.9 Å². The van der Waals surface area contributed by atoms with Crippen molar-refractivity contribution in [2.24, 2.45) is 0 Å². The molecule has 0 amide bonds. The number of hydrogen-bond acceptors (Lipinski definition) is 9. The molecule has 0 bridgehead atoms. The van der Waals surface area contributed by atoms with Gasteiger partial charge >= 0.3 is 6.18 Å². The van der Waals surface area contributed by atoms with Gasteiger partial charge in [-0.3, -0.25) is 0 Å². The molecule has 0 aliphatic heterocycles. The number of nitrogens with zero attached hydrogens (tertiary/aromatic N) is 6. The van der Waals surface area contributed by atoms with Crippen molar-refractivity contribution in [3.05, 3.63) is 40.3 Å². The molecule has 1 N–H and O–H groups in total. The van der Waals surface area contributed by atoms with Gasteiger partial charge < -0.3 is 5.32 Å². The van der Waals surface area contributed by atoms with Gasteiger partial charge in [0.05, 0.1) is 0 Å². The van der Waals surface area contributed by atoms with E-state index in [9.17, 15) is 13.2 Å². The molecule has 0 aromatic carbocycles. The maximum absolute atomic E-state index is 12.9. The van der Waals surface area contributed by atoms with Crippen molar-refractivity contribution in [2.45, 2.75) is 22.0 Å². The second kappa shape index (κ2) is 7.40. The second-order valence-electron chi connectivity index (χ2n) is 5.19. The summed E-state index contributed by atoms with van der Waals surface area (Å²) in [5.74, 6) is -1.16. The van der Waals surface area contributed by atoms with E-state index in [0.29, 0.717) is 19.0 Å². The van der Waals surface area contributed by atoms with Crippen LogP contribution in [-0.2, 0) is 12.6 Å². The standard InChI is InChI=1S/C14H10F3N7S3/c15-14(16,17)11-20-19-9-3-4-10(23-24(9)11)26-13-22-21-12(27-13)18-6-5-8-2-1-7-25-8/h1-4,7H,5-6H2,(H,18,21). The van der Waals surface area contributed by atoms with Crippen molar-refractivity contribution in [1.82, 2.24) is 30.0 Å². The van der Waals surface area contributed by atoms with Crippen molar-refractivity contribution < 1.29 is 13.2 Å². The van der Waals surface area contributed by atoms with E-state index < -0.39 is 12.0 Å². The molecule has 4 aromatic rings. The van der Waals surface area contributed by atoms with Crippen LogP contribution in [0.3, 0.4) is 0 Å². The molecule has 0 radical (unpaired) electrons. The third-order valence-electron chi connectivity index (χ3n) is 3.32. The molecule has 7 nitrogen and oxygen atoms in total. The summed E-state index contributed by atoms with van der Waals surface area (Å²) in [5, 5.41) is 24.9. The highest BCUT2D eigenvalue weighted by atomic mass is 32.2. The molecule has 4 aromatic heterocycles. The van der Waals surface area contributed by atoms with E-state index in [-0.39, 0.29) is 5.65 Å². The monoisotopic (exact) mass is 429 g/mol. The third kappa shape index (κ3) is 4.20. The van der Waals surface area contributed by atoms with Crippen LogP contribution in [0.5, 0.6) is 0 Å². The zero-order chi connectivity index (χ0) is 18.9. The maximum atomic E-state index is 12.9. The van der Waals surface area contributed by atoms with Crippen molar-refractivity contribution >= 4 is 45.2 Å². The Bertz CT molecular complexity index is 1040. The van der Waals surface area contributed by atoms with Gasteiger partial charge in [0, 0.05) is 11.4 Å². The van der Waals surface area contributed by atoms with E-state index in [1.54, 1.807) is 17.4 Å². The summed E-state index contributed by atoms with van der Waals surface area (Å²) < 4.78 is 40.1. The van der Waals surface area contributed by atoms with Crippen LogP contribution in [0.1, 0.15) is 10.7 Å². The molecule has 0 aliphatic carbocycles. The van der Waals surface area contributed by atoms with Crippen molar-refractivity contribution in [1.29, 1.82) is 0 Å². The fourth-order valence-corrected chi connectivity index (χ4v) is 4.55. The number of hydrogen-bond donors (Lipinski definition) is 1. The molecule has 13 heteroatoms. The zero-order valence-corrected chi connectivity index (χ0v) is 15.8. The molecular formula is C14H10F3N7S3. The highest BCUT2D eigenvalue weighted by Crippen LogP contribution is 2.32. The Morgan fingerprint density at radius 1 is 1.11 bits per heavy atom. The van der Waals surface area contributed by atoms with Gasteiger partial charge in [-0.2, -0.15) is 22.8 Å². The molecular weight excluding hydrogens is 419 g/mol. The van der Waals surface area contributed by atoms with Crippen LogP contribution in [0.2, 0.25) is 0 Å². The van der Waals surface area contributed by atoms with Crippen LogP contribution < -0.4 is 5.32 Å². The van der Waals surface area contributed by atoms with E-state index in [1.165, 1.54) is 22.3 Å². The second-order valence-corrected chi connectivity index (χ2v) is 8.47. The number of fused-ring (bicyclic) bond motifs is 1. The summed E-state index contributed by atoms with van der Waals surface area (Å²) in [4.78, 5) is 1.27. The predicted molar refractivity (Wildman–Crippen MR) is 96.3 cm³/mol. The number of alkyl halides is 3. The summed E-state index contributed by atoms with van der Waals surface area (Å²) in [6, 6.07) is 7.07. The quantitative estimate of drug-likeness (QED) is 0.498. The Morgan fingerprint density at radius 2 is 2.00 bits per heavy atom. The lowest BCUT2D eigenvalue weighted by atomic mass is 10.3. The van der Waals surface area contributed by atoms with E-state index in [0.717, 1.165) is 24.7 Å². The molecule has 4 rings (SSSR count). The van der Waals surface area contributed by atoms with Gasteiger partial charge in [0.2, 0.25) is 5.13 Å². The van der Waals surface area contributed by atoms with E-state index in [4.69, 9.17) is 0 Å². The Hall–Kier alpha value is -2.25. The number of thiophene rings is 1. The van der Waals surface area contributed by atoms with E-state index in [1.807, 2.05) is 11.4 Å². The number of anilines is 1. The first-order valence-corrected chi connectivity index (χ1v) is 10.1. The first kappa shape index (κ1) is 18.1. The maximum Gasteiger partial charge on any atom is 0.453 e. The van der Waals surface area contributed by atoms with Crippen LogP contribution in [-0.4, -0.2) is 36.6 Å². The normalized spacial score (nSPS) is 12.0. The van der Waals surface area contributed by atoms with Gasteiger partial charge in [-0.05, 0) is 41.8 Å². The van der Waals surface area contributed by atoms with Gasteiger partial charge in [0.25, 0.3) is 5.82 Å². The average Bonchev–Trinajstić information content (AvgIpc) is 3.34. The fraction of sp³-hybridized carbons (Fsp3) is 0.214. The minimum Gasteiger partial charge on any atom is -0.360 e. The van der Waals surface area contributed by atoms with E-state index in [2.05, 4.69) is 36.9 Å². The molecule has 27 heavy (non-hydrogen) atoms. The highest BCUT2D eigenvalue weighted by Gasteiger charge is 2.37. The molecule has 0 fully saturated rings. The summed E-state index contributed by atoms with van der Waals surface area (Å²) in [5.41, 5.74) is 0.0277. The van der Waals surface area contributed by atoms with Gasteiger partial charge in [-0.1, -0.05) is 17.4 Å². The number of halogens is 3. The van der Waals surface area contributed by atoms with Crippen LogP contribution in [0.15, 0.2) is 39.0 Å². The largest absolute Gasteiger partial charge is 0.453 e. The molecule has 4 heterocycles. The Labute approximate surface area is 162 Å². The summed E-state index contributed by atoms with van der Waals surface area (Å²) in [6.07, 6.45) is -3.75. The lowest BCUT2D eigenvalue weighted by Crippen LogP contribution is -2.12. The minimum atomic E-state index is -4.63. The molecule has 0 spiro atoms. The number of aromatic nitrogens is 6. The van der Waals surface area contributed by atoms with Gasteiger partial charge in [-0.15, -0.1) is 31.7 Å². The SMILES string of the molecule is FC(F)(F)c1nnc2ccc(Sc3nnc(NCCc4cccs4)s3)nn12. The van der Waals surface area contributed by atoms with Crippen molar-refractivity contribution in [3.8, 4) is 0 Å². The van der Waals surface area contributed by atoms with Crippen LogP contribution in [0, 0.1) is 0 Å². The zero-order valence-electron chi connectivity index (χ0n) is 13.3. The predicted octanol–water partition coefficient (Wildman–Crippen LogP) is 3.86. The van der Waals surface area contributed by atoms with Crippen LogP contribution >= 0.6 is 34.4 Å². The Balaban J connectivity index is 1.44. The number of nitrogens with one attached hydrogen (secondary N) is 1. The van der Waals surface area contributed by atoms with Crippen molar-refractivity contribution in [3.63, 3.8) is 0 Å².